The van der Waals surface area contributed by atoms with Crippen LogP contribution in [0.5, 0.6) is 0 Å². The lowest BCUT2D eigenvalue weighted by Crippen LogP contribution is -2.25. The van der Waals surface area contributed by atoms with Crippen LogP contribution in [0.3, 0.4) is 0 Å². The molecule has 1 fully saturated rings. The summed E-state index contributed by atoms with van der Waals surface area (Å²) < 4.78 is 7.65. The van der Waals surface area contributed by atoms with E-state index in [2.05, 4.69) is 20.6 Å². The van der Waals surface area contributed by atoms with Crippen molar-refractivity contribution in [1.29, 1.82) is 0 Å². The number of nitrogens with zero attached hydrogens (tertiary/aromatic N) is 4. The molecular formula is C20H19N5O2. The van der Waals surface area contributed by atoms with Gasteiger partial charge in [-0.1, -0.05) is 17.3 Å². The van der Waals surface area contributed by atoms with E-state index in [-0.39, 0.29) is 5.91 Å². The highest BCUT2D eigenvalue weighted by molar-refractivity contribution is 5.97. The second-order valence-electron chi connectivity index (χ2n) is 6.92. The SMILES string of the molecule is O=C(NCCCn1nnc2ccccc21)c1ccc2nc(C3CC3)oc2c1. The summed E-state index contributed by atoms with van der Waals surface area (Å²) in [5.74, 6) is 1.15. The molecule has 1 amide bonds. The molecule has 0 atom stereocenters. The second kappa shape index (κ2) is 6.50. The predicted molar refractivity (Wildman–Crippen MR) is 100 cm³/mol. The molecule has 4 aromatic rings. The second-order valence-corrected chi connectivity index (χ2v) is 6.92. The summed E-state index contributed by atoms with van der Waals surface area (Å²) in [6.45, 7) is 1.27. The zero-order valence-electron chi connectivity index (χ0n) is 14.8. The number of benzene rings is 2. The first-order chi connectivity index (χ1) is 13.3. The van der Waals surface area contributed by atoms with Crippen LogP contribution >= 0.6 is 0 Å². The Morgan fingerprint density at radius 2 is 2.07 bits per heavy atom. The zero-order valence-corrected chi connectivity index (χ0v) is 14.8. The number of amides is 1. The molecule has 2 heterocycles. The molecule has 0 radical (unpaired) electrons. The Kier molecular flexibility index (Phi) is 3.85. The third-order valence-electron chi connectivity index (χ3n) is 4.85. The molecular weight excluding hydrogens is 342 g/mol. The van der Waals surface area contributed by atoms with Crippen molar-refractivity contribution < 1.29 is 9.21 Å². The van der Waals surface area contributed by atoms with Crippen molar-refractivity contribution in [2.45, 2.75) is 31.7 Å². The molecule has 136 valence electrons. The molecule has 0 unspecified atom stereocenters. The van der Waals surface area contributed by atoms with Crippen LogP contribution in [0.15, 0.2) is 46.9 Å². The third kappa shape index (κ3) is 3.16. The molecule has 7 nitrogen and oxygen atoms in total. The topological polar surface area (TPSA) is 85.8 Å². The Bertz CT molecular complexity index is 1130. The van der Waals surface area contributed by atoms with Crippen LogP contribution < -0.4 is 5.32 Å². The average Bonchev–Trinajstić information content (AvgIpc) is 3.33. The lowest BCUT2D eigenvalue weighted by Gasteiger charge is -2.06. The van der Waals surface area contributed by atoms with Gasteiger partial charge in [0.05, 0.1) is 5.52 Å². The van der Waals surface area contributed by atoms with Crippen LogP contribution in [-0.4, -0.2) is 32.4 Å². The van der Waals surface area contributed by atoms with Crippen LogP contribution in [-0.2, 0) is 6.54 Å². The Morgan fingerprint density at radius 1 is 1.19 bits per heavy atom. The van der Waals surface area contributed by atoms with Crippen LogP contribution in [0.25, 0.3) is 22.1 Å². The normalized spacial score (nSPS) is 14.1. The maximum atomic E-state index is 12.4. The average molecular weight is 361 g/mol. The van der Waals surface area contributed by atoms with E-state index in [1.54, 1.807) is 12.1 Å². The Hall–Kier alpha value is -3.22. The number of rotatable bonds is 6. The van der Waals surface area contributed by atoms with E-state index in [1.807, 2.05) is 35.0 Å². The number of fused-ring (bicyclic) bond motifs is 2. The molecule has 2 aromatic heterocycles. The standard InChI is InChI=1S/C20H19N5O2/c26-19(14-8-9-16-18(12-14)27-20(22-16)13-6-7-13)21-10-3-11-25-17-5-2-1-4-15(17)23-24-25/h1-2,4-5,8-9,12-13H,3,6-7,10-11H2,(H,21,26). The fourth-order valence-corrected chi connectivity index (χ4v) is 3.20. The van der Waals surface area contributed by atoms with Gasteiger partial charge in [0, 0.05) is 24.6 Å². The van der Waals surface area contributed by atoms with Gasteiger partial charge in [-0.25, -0.2) is 9.67 Å². The molecule has 1 N–H and O–H groups in total. The van der Waals surface area contributed by atoms with E-state index >= 15 is 0 Å². The highest BCUT2D eigenvalue weighted by Crippen LogP contribution is 2.40. The van der Waals surface area contributed by atoms with Gasteiger partial charge in [-0.2, -0.15) is 0 Å². The van der Waals surface area contributed by atoms with E-state index in [4.69, 9.17) is 4.42 Å². The van der Waals surface area contributed by atoms with Crippen molar-refractivity contribution in [2.24, 2.45) is 0 Å². The summed E-state index contributed by atoms with van der Waals surface area (Å²) in [6.07, 6.45) is 3.05. The first-order valence-electron chi connectivity index (χ1n) is 9.25. The number of nitrogens with one attached hydrogen (secondary N) is 1. The summed E-state index contributed by atoms with van der Waals surface area (Å²) in [6, 6.07) is 13.3. The van der Waals surface area contributed by atoms with Crippen LogP contribution in [0.2, 0.25) is 0 Å². The smallest absolute Gasteiger partial charge is 0.251 e. The fraction of sp³-hybridized carbons (Fsp3) is 0.300. The van der Waals surface area contributed by atoms with Gasteiger partial charge in [-0.3, -0.25) is 4.79 Å². The molecule has 1 aliphatic carbocycles. The van der Waals surface area contributed by atoms with Crippen molar-refractivity contribution in [3.05, 3.63) is 53.9 Å². The summed E-state index contributed by atoms with van der Waals surface area (Å²) >= 11 is 0. The molecule has 0 bridgehead atoms. The van der Waals surface area contributed by atoms with E-state index in [0.29, 0.717) is 30.2 Å². The van der Waals surface area contributed by atoms with Crippen LogP contribution in [0.1, 0.15) is 41.4 Å². The van der Waals surface area contributed by atoms with Gasteiger partial charge in [0.2, 0.25) is 0 Å². The Morgan fingerprint density at radius 3 is 2.96 bits per heavy atom. The highest BCUT2D eigenvalue weighted by atomic mass is 16.3. The molecule has 1 saturated carbocycles. The first kappa shape index (κ1) is 16.0. The number of aryl methyl sites for hydroxylation is 1. The van der Waals surface area contributed by atoms with Crippen molar-refractivity contribution in [2.75, 3.05) is 6.54 Å². The minimum absolute atomic E-state index is 0.107. The molecule has 2 aromatic carbocycles. The number of oxazole rings is 1. The lowest BCUT2D eigenvalue weighted by molar-refractivity contribution is 0.0952. The molecule has 7 heteroatoms. The lowest BCUT2D eigenvalue weighted by atomic mass is 10.2. The summed E-state index contributed by atoms with van der Waals surface area (Å²) in [5, 5.41) is 11.3. The first-order valence-corrected chi connectivity index (χ1v) is 9.25. The minimum atomic E-state index is -0.107. The third-order valence-corrected chi connectivity index (χ3v) is 4.85. The largest absolute Gasteiger partial charge is 0.440 e. The molecule has 5 rings (SSSR count). The van der Waals surface area contributed by atoms with Gasteiger partial charge in [0.15, 0.2) is 11.5 Å². The number of carbonyl (C=O) groups excluding carboxylic acids is 1. The fourth-order valence-electron chi connectivity index (χ4n) is 3.20. The van der Waals surface area contributed by atoms with E-state index < -0.39 is 0 Å². The van der Waals surface area contributed by atoms with Gasteiger partial charge in [-0.05, 0) is 49.6 Å². The molecule has 1 aliphatic rings. The number of carbonyl (C=O) groups is 1. The Balaban J connectivity index is 1.19. The van der Waals surface area contributed by atoms with E-state index in [0.717, 1.165) is 41.7 Å². The van der Waals surface area contributed by atoms with Crippen molar-refractivity contribution >= 4 is 28.0 Å². The number of para-hydroxylation sites is 1. The van der Waals surface area contributed by atoms with Crippen molar-refractivity contribution in [3.8, 4) is 0 Å². The zero-order chi connectivity index (χ0) is 18.2. The Labute approximate surface area is 155 Å². The van der Waals surface area contributed by atoms with Crippen LogP contribution in [0, 0.1) is 0 Å². The summed E-state index contributed by atoms with van der Waals surface area (Å²) in [5.41, 5.74) is 3.97. The maximum Gasteiger partial charge on any atom is 0.251 e. The predicted octanol–water partition coefficient (Wildman–Crippen LogP) is 3.27. The van der Waals surface area contributed by atoms with Crippen molar-refractivity contribution in [3.63, 3.8) is 0 Å². The molecule has 0 spiro atoms. The van der Waals surface area contributed by atoms with E-state index in [1.165, 1.54) is 0 Å². The van der Waals surface area contributed by atoms with E-state index in [9.17, 15) is 4.79 Å². The highest BCUT2D eigenvalue weighted by Gasteiger charge is 2.29. The summed E-state index contributed by atoms with van der Waals surface area (Å²) in [7, 11) is 0. The maximum absolute atomic E-state index is 12.4. The molecule has 0 saturated heterocycles. The number of hydrogen-bond donors (Lipinski definition) is 1. The number of aromatic nitrogens is 4. The van der Waals surface area contributed by atoms with Gasteiger partial charge in [0.1, 0.15) is 11.0 Å². The van der Waals surface area contributed by atoms with Crippen molar-refractivity contribution in [1.82, 2.24) is 25.3 Å². The van der Waals surface area contributed by atoms with Gasteiger partial charge < -0.3 is 9.73 Å². The molecule has 0 aliphatic heterocycles. The number of hydrogen-bond acceptors (Lipinski definition) is 5. The molecule has 27 heavy (non-hydrogen) atoms. The van der Waals surface area contributed by atoms with Gasteiger partial charge in [0.25, 0.3) is 5.91 Å². The quantitative estimate of drug-likeness (QED) is 0.533. The minimum Gasteiger partial charge on any atom is -0.440 e. The monoisotopic (exact) mass is 361 g/mol. The van der Waals surface area contributed by atoms with Gasteiger partial charge >= 0.3 is 0 Å². The van der Waals surface area contributed by atoms with Crippen LogP contribution in [0.4, 0.5) is 0 Å². The van der Waals surface area contributed by atoms with Gasteiger partial charge in [-0.15, -0.1) is 5.10 Å². The summed E-state index contributed by atoms with van der Waals surface area (Å²) in [4.78, 5) is 16.9.